The summed E-state index contributed by atoms with van der Waals surface area (Å²) in [6.07, 6.45) is -4.39. The van der Waals surface area contributed by atoms with Crippen molar-refractivity contribution < 1.29 is 17.6 Å². The molecule has 0 unspecified atom stereocenters. The third-order valence-corrected chi connectivity index (χ3v) is 1.62. The number of benzene rings is 1. The van der Waals surface area contributed by atoms with Crippen molar-refractivity contribution in [2.45, 2.75) is 19.8 Å². The molecule has 0 fully saturated rings. The second kappa shape index (κ2) is 3.36. The zero-order valence-corrected chi connectivity index (χ0v) is 6.95. The van der Waals surface area contributed by atoms with Crippen LogP contribution in [0.5, 0.6) is 0 Å². The zero-order chi connectivity index (χ0) is 10.1. The summed E-state index contributed by atoms with van der Waals surface area (Å²) in [5, 5.41) is 0. The molecule has 0 nitrogen and oxygen atoms in total. The van der Waals surface area contributed by atoms with Crippen molar-refractivity contribution in [2.75, 3.05) is 0 Å². The topological polar surface area (TPSA) is 0 Å². The van der Waals surface area contributed by atoms with Gasteiger partial charge in [-0.25, -0.2) is 4.39 Å². The van der Waals surface area contributed by atoms with Crippen LogP contribution in [0.1, 0.15) is 16.7 Å². The van der Waals surface area contributed by atoms with Crippen LogP contribution in [0.2, 0.25) is 0 Å². The third kappa shape index (κ3) is 2.44. The van der Waals surface area contributed by atoms with Crippen molar-refractivity contribution in [3.63, 3.8) is 0 Å². The van der Waals surface area contributed by atoms with Crippen molar-refractivity contribution in [3.8, 4) is 0 Å². The molecule has 0 heterocycles. The molecule has 0 aromatic heterocycles. The fraction of sp³-hybridized carbons (Fsp3) is 0.333. The van der Waals surface area contributed by atoms with E-state index in [1.54, 1.807) is 0 Å². The van der Waals surface area contributed by atoms with Gasteiger partial charge in [-0.05, 0) is 24.6 Å². The van der Waals surface area contributed by atoms with Gasteiger partial charge < -0.3 is 0 Å². The molecule has 0 aliphatic carbocycles. The van der Waals surface area contributed by atoms with Gasteiger partial charge in [-0.1, -0.05) is 11.6 Å². The second-order valence-electron chi connectivity index (χ2n) is 2.84. The Bertz CT molecular complexity index is 301. The van der Waals surface area contributed by atoms with Gasteiger partial charge in [-0.3, -0.25) is 0 Å². The normalized spacial score (nSPS) is 11.8. The fourth-order valence-electron chi connectivity index (χ4n) is 1.10. The Kier molecular flexibility index (Phi) is 2.59. The molecular weight excluding hydrogens is 184 g/mol. The highest BCUT2D eigenvalue weighted by atomic mass is 19.4. The summed E-state index contributed by atoms with van der Waals surface area (Å²) >= 11 is 0. The fourth-order valence-corrected chi connectivity index (χ4v) is 1.10. The molecule has 1 rings (SSSR count). The third-order valence-electron chi connectivity index (χ3n) is 1.62. The molecule has 1 aromatic rings. The molecule has 0 N–H and O–H groups in total. The summed E-state index contributed by atoms with van der Waals surface area (Å²) in [4.78, 5) is 0. The lowest BCUT2D eigenvalue weighted by molar-refractivity contribution is -0.137. The molecule has 13 heavy (non-hydrogen) atoms. The van der Waals surface area contributed by atoms with Crippen LogP contribution in [-0.4, -0.2) is 0 Å². The molecule has 0 atom stereocenters. The summed E-state index contributed by atoms with van der Waals surface area (Å²) < 4.78 is 48.6. The standard InChI is InChI=1S/C9H8F4/c1-6-2-7(5-10)4-8(3-6)9(11,12)13/h2-4H,5H2,1H3. The Labute approximate surface area is 73.2 Å². The van der Waals surface area contributed by atoms with Crippen LogP contribution in [0.25, 0.3) is 0 Å². The molecular formula is C9H8F4. The number of alkyl halides is 4. The Hall–Kier alpha value is -1.06. The van der Waals surface area contributed by atoms with Crippen LogP contribution in [0.15, 0.2) is 18.2 Å². The Morgan fingerprint density at radius 3 is 2.23 bits per heavy atom. The van der Waals surface area contributed by atoms with Gasteiger partial charge in [0, 0.05) is 0 Å². The highest BCUT2D eigenvalue weighted by Gasteiger charge is 2.30. The molecule has 0 aliphatic rings. The van der Waals surface area contributed by atoms with Crippen molar-refractivity contribution in [1.29, 1.82) is 0 Å². The van der Waals surface area contributed by atoms with Crippen LogP contribution in [-0.2, 0) is 12.9 Å². The highest BCUT2D eigenvalue weighted by Crippen LogP contribution is 2.30. The van der Waals surface area contributed by atoms with E-state index < -0.39 is 18.4 Å². The maximum atomic E-state index is 12.2. The summed E-state index contributed by atoms with van der Waals surface area (Å²) in [7, 11) is 0. The summed E-state index contributed by atoms with van der Waals surface area (Å²) in [5.41, 5.74) is -0.310. The molecule has 1 aromatic carbocycles. The number of aryl methyl sites for hydroxylation is 1. The van der Waals surface area contributed by atoms with E-state index in [1.807, 2.05) is 0 Å². The van der Waals surface area contributed by atoms with Gasteiger partial charge in [0.15, 0.2) is 0 Å². The minimum Gasteiger partial charge on any atom is -0.246 e. The van der Waals surface area contributed by atoms with Crippen LogP contribution in [0.4, 0.5) is 17.6 Å². The molecule has 0 bridgehead atoms. The predicted molar refractivity (Wildman–Crippen MR) is 41.0 cm³/mol. The van der Waals surface area contributed by atoms with Gasteiger partial charge >= 0.3 is 6.18 Å². The molecule has 4 heteroatoms. The number of rotatable bonds is 1. The molecule has 0 saturated heterocycles. The van der Waals surface area contributed by atoms with Crippen molar-refractivity contribution in [3.05, 3.63) is 34.9 Å². The Morgan fingerprint density at radius 2 is 1.77 bits per heavy atom. The smallest absolute Gasteiger partial charge is 0.246 e. The van der Waals surface area contributed by atoms with Crippen molar-refractivity contribution in [1.82, 2.24) is 0 Å². The van der Waals surface area contributed by atoms with E-state index in [4.69, 9.17) is 0 Å². The van der Waals surface area contributed by atoms with E-state index in [-0.39, 0.29) is 5.56 Å². The maximum Gasteiger partial charge on any atom is 0.416 e. The quantitative estimate of drug-likeness (QED) is 0.597. The lowest BCUT2D eigenvalue weighted by Crippen LogP contribution is -2.05. The van der Waals surface area contributed by atoms with Crippen LogP contribution in [0.3, 0.4) is 0 Å². The molecule has 0 spiro atoms. The first-order valence-electron chi connectivity index (χ1n) is 3.67. The SMILES string of the molecule is Cc1cc(CF)cc(C(F)(F)F)c1. The summed E-state index contributed by atoms with van der Waals surface area (Å²) in [5.74, 6) is 0. The minimum atomic E-state index is -4.39. The van der Waals surface area contributed by atoms with Crippen LogP contribution < -0.4 is 0 Å². The van der Waals surface area contributed by atoms with E-state index in [0.29, 0.717) is 5.56 Å². The lowest BCUT2D eigenvalue weighted by atomic mass is 10.1. The molecule has 72 valence electrons. The van der Waals surface area contributed by atoms with Gasteiger partial charge in [0.2, 0.25) is 0 Å². The number of hydrogen-bond acceptors (Lipinski definition) is 0. The van der Waals surface area contributed by atoms with E-state index in [9.17, 15) is 17.6 Å². The minimum absolute atomic E-state index is 0.0623. The van der Waals surface area contributed by atoms with Gasteiger partial charge in [0.25, 0.3) is 0 Å². The van der Waals surface area contributed by atoms with Gasteiger partial charge in [0.1, 0.15) is 6.67 Å². The van der Waals surface area contributed by atoms with E-state index >= 15 is 0 Å². The highest BCUT2D eigenvalue weighted by molar-refractivity contribution is 5.30. The van der Waals surface area contributed by atoms with Gasteiger partial charge in [0.05, 0.1) is 5.56 Å². The molecule has 0 saturated carbocycles. The summed E-state index contributed by atoms with van der Waals surface area (Å²) in [6.45, 7) is 0.638. The largest absolute Gasteiger partial charge is 0.416 e. The van der Waals surface area contributed by atoms with Crippen LogP contribution >= 0.6 is 0 Å². The predicted octanol–water partition coefficient (Wildman–Crippen LogP) is 3.48. The lowest BCUT2D eigenvalue weighted by Gasteiger charge is -2.08. The molecule has 0 aliphatic heterocycles. The first-order valence-corrected chi connectivity index (χ1v) is 3.67. The summed E-state index contributed by atoms with van der Waals surface area (Å²) in [6, 6.07) is 3.22. The van der Waals surface area contributed by atoms with E-state index in [1.165, 1.54) is 13.0 Å². The van der Waals surface area contributed by atoms with E-state index in [2.05, 4.69) is 0 Å². The monoisotopic (exact) mass is 192 g/mol. The average molecular weight is 192 g/mol. The zero-order valence-electron chi connectivity index (χ0n) is 6.95. The maximum absolute atomic E-state index is 12.2. The first kappa shape index (κ1) is 10.0. The van der Waals surface area contributed by atoms with E-state index in [0.717, 1.165) is 12.1 Å². The van der Waals surface area contributed by atoms with Crippen molar-refractivity contribution in [2.24, 2.45) is 0 Å². The van der Waals surface area contributed by atoms with Gasteiger partial charge in [-0.15, -0.1) is 0 Å². The Morgan fingerprint density at radius 1 is 1.15 bits per heavy atom. The molecule has 0 amide bonds. The van der Waals surface area contributed by atoms with Crippen LogP contribution in [0, 0.1) is 6.92 Å². The van der Waals surface area contributed by atoms with Gasteiger partial charge in [-0.2, -0.15) is 13.2 Å². The second-order valence-corrected chi connectivity index (χ2v) is 2.84. The molecule has 0 radical (unpaired) electrons. The Balaban J connectivity index is 3.16. The number of halogens is 4. The average Bonchev–Trinajstić information content (AvgIpc) is 2.01. The first-order chi connectivity index (χ1) is 5.93. The van der Waals surface area contributed by atoms with Crippen molar-refractivity contribution >= 4 is 0 Å². The number of hydrogen-bond donors (Lipinski definition) is 0.